The van der Waals surface area contributed by atoms with Crippen LogP contribution in [0.5, 0.6) is 0 Å². The van der Waals surface area contributed by atoms with E-state index in [0.29, 0.717) is 0 Å². The maximum atomic E-state index is 2.56. The van der Waals surface area contributed by atoms with Crippen LogP contribution in [-0.4, -0.2) is 23.0 Å². The monoisotopic (exact) mass is 230 g/mol. The molecule has 0 nitrogen and oxygen atoms in total. The van der Waals surface area contributed by atoms with Crippen molar-refractivity contribution in [1.82, 2.24) is 0 Å². The van der Waals surface area contributed by atoms with Gasteiger partial charge in [-0.15, -0.1) is 0 Å². The summed E-state index contributed by atoms with van der Waals surface area (Å²) in [5.74, 6) is 2.99. The molecule has 0 amide bonds. The first-order chi connectivity index (χ1) is 6.82. The summed E-state index contributed by atoms with van der Waals surface area (Å²) >= 11 is 0. The van der Waals surface area contributed by atoms with Gasteiger partial charge in [0.05, 0.1) is 0 Å². The molecule has 0 N–H and O–H groups in total. The number of hydrogen-bond donors (Lipinski definition) is 0. The van der Waals surface area contributed by atoms with Crippen LogP contribution in [0.1, 0.15) is 47.5 Å². The van der Waals surface area contributed by atoms with Gasteiger partial charge in [-0.2, -0.15) is 0 Å². The summed E-state index contributed by atoms with van der Waals surface area (Å²) in [6.07, 6.45) is 7.97. The Hall–Kier alpha value is 0.350. The maximum Gasteiger partial charge on any atom is -0.0112 e. The number of hydrogen-bond acceptors (Lipinski definition) is 0. The highest BCUT2D eigenvalue weighted by Gasteiger charge is 2.46. The van der Waals surface area contributed by atoms with Gasteiger partial charge in [-0.25, -0.2) is 10.0 Å². The van der Waals surface area contributed by atoms with Gasteiger partial charge in [-0.3, -0.25) is 0 Å². The van der Waals surface area contributed by atoms with E-state index in [1.807, 2.05) is 0 Å². The summed E-state index contributed by atoms with van der Waals surface area (Å²) in [6, 6.07) is 0. The molecule has 4 atom stereocenters. The van der Waals surface area contributed by atoms with E-state index in [2.05, 4.69) is 47.1 Å². The maximum absolute atomic E-state index is 2.56. The SMILES string of the molecule is CCC(C)S(C)(C)C(C)C1CC1C(C)C. The fourth-order valence-corrected chi connectivity index (χ4v) is 5.59. The standard InChI is InChI=1S/C14H30S/c1-8-11(4)15(6,7)12(5)14-9-13(14)10(2)3/h10-14H,8-9H2,1-7H3. The molecule has 15 heavy (non-hydrogen) atoms. The lowest BCUT2D eigenvalue weighted by Crippen LogP contribution is -2.25. The van der Waals surface area contributed by atoms with Crippen LogP contribution in [0.3, 0.4) is 0 Å². The molecule has 1 rings (SSSR count). The fourth-order valence-electron chi connectivity index (χ4n) is 2.79. The lowest BCUT2D eigenvalue weighted by molar-refractivity contribution is 0.514. The molecule has 1 aliphatic carbocycles. The van der Waals surface area contributed by atoms with Gasteiger partial charge in [0.2, 0.25) is 0 Å². The van der Waals surface area contributed by atoms with Crippen molar-refractivity contribution in [3.8, 4) is 0 Å². The first-order valence-corrected chi connectivity index (χ1v) is 9.10. The molecule has 4 unspecified atom stereocenters. The van der Waals surface area contributed by atoms with Crippen LogP contribution in [0.15, 0.2) is 0 Å². The Balaban J connectivity index is 2.57. The van der Waals surface area contributed by atoms with Gasteiger partial charge in [-0.1, -0.05) is 34.6 Å². The second-order valence-corrected chi connectivity index (χ2v) is 10.7. The van der Waals surface area contributed by atoms with Crippen molar-refractivity contribution in [2.45, 2.75) is 58.0 Å². The van der Waals surface area contributed by atoms with Gasteiger partial charge >= 0.3 is 0 Å². The minimum Gasteiger partial charge on any atom is -0.241 e. The van der Waals surface area contributed by atoms with Crippen LogP contribution in [-0.2, 0) is 0 Å². The molecule has 0 heterocycles. The summed E-state index contributed by atoms with van der Waals surface area (Å²) in [5, 5.41) is 1.90. The van der Waals surface area contributed by atoms with Crippen molar-refractivity contribution >= 4 is 10.0 Å². The third-order valence-electron chi connectivity index (χ3n) is 4.92. The predicted molar refractivity (Wildman–Crippen MR) is 75.1 cm³/mol. The summed E-state index contributed by atoms with van der Waals surface area (Å²) in [5.41, 5.74) is 0. The van der Waals surface area contributed by atoms with Gasteiger partial charge in [0.15, 0.2) is 0 Å². The molecule has 0 aromatic heterocycles. The highest BCUT2D eigenvalue weighted by molar-refractivity contribution is 8.33. The molecular formula is C14H30S. The average molecular weight is 230 g/mol. The van der Waals surface area contributed by atoms with E-state index < -0.39 is 10.0 Å². The molecule has 0 aromatic rings. The van der Waals surface area contributed by atoms with Crippen LogP contribution >= 0.6 is 10.0 Å². The molecule has 0 spiro atoms. The molecule has 0 aromatic carbocycles. The molecule has 92 valence electrons. The van der Waals surface area contributed by atoms with Gasteiger partial charge in [0, 0.05) is 0 Å². The Morgan fingerprint density at radius 2 is 1.60 bits per heavy atom. The minimum atomic E-state index is -0.392. The third-order valence-corrected chi connectivity index (χ3v) is 9.59. The van der Waals surface area contributed by atoms with Crippen LogP contribution in [0.25, 0.3) is 0 Å². The lowest BCUT2D eigenvalue weighted by Gasteiger charge is -2.44. The van der Waals surface area contributed by atoms with Crippen LogP contribution in [0.4, 0.5) is 0 Å². The summed E-state index contributed by atoms with van der Waals surface area (Å²) in [4.78, 5) is 0. The summed E-state index contributed by atoms with van der Waals surface area (Å²) in [6.45, 7) is 12.1. The van der Waals surface area contributed by atoms with E-state index in [-0.39, 0.29) is 0 Å². The van der Waals surface area contributed by atoms with Crippen molar-refractivity contribution in [3.63, 3.8) is 0 Å². The first-order valence-electron chi connectivity index (χ1n) is 6.53. The normalized spacial score (nSPS) is 31.5. The van der Waals surface area contributed by atoms with Crippen molar-refractivity contribution in [3.05, 3.63) is 0 Å². The smallest absolute Gasteiger partial charge is 0.0112 e. The summed E-state index contributed by atoms with van der Waals surface area (Å²) in [7, 11) is -0.392. The van der Waals surface area contributed by atoms with Crippen molar-refractivity contribution in [2.24, 2.45) is 17.8 Å². The Kier molecular flexibility index (Phi) is 4.20. The van der Waals surface area contributed by atoms with Crippen molar-refractivity contribution in [1.29, 1.82) is 0 Å². The Morgan fingerprint density at radius 3 is 1.93 bits per heavy atom. The molecule has 1 saturated carbocycles. The quantitative estimate of drug-likeness (QED) is 0.651. The van der Waals surface area contributed by atoms with Crippen LogP contribution in [0.2, 0.25) is 0 Å². The predicted octanol–water partition coefficient (Wildman–Crippen LogP) is 4.53. The first kappa shape index (κ1) is 13.4. The molecule has 0 aliphatic heterocycles. The summed E-state index contributed by atoms with van der Waals surface area (Å²) < 4.78 is 0. The van der Waals surface area contributed by atoms with Gasteiger partial charge < -0.3 is 0 Å². The molecule has 1 aliphatic rings. The van der Waals surface area contributed by atoms with Gasteiger partial charge in [-0.05, 0) is 53.6 Å². The highest BCUT2D eigenvalue weighted by Crippen LogP contribution is 2.61. The van der Waals surface area contributed by atoms with Crippen LogP contribution in [0, 0.1) is 17.8 Å². The Morgan fingerprint density at radius 1 is 1.07 bits per heavy atom. The zero-order valence-corrected chi connectivity index (χ0v) is 12.5. The minimum absolute atomic E-state index is 0.392. The van der Waals surface area contributed by atoms with E-state index in [1.165, 1.54) is 12.8 Å². The topological polar surface area (TPSA) is 0 Å². The molecule has 0 saturated heterocycles. The fraction of sp³-hybridized carbons (Fsp3) is 1.00. The lowest BCUT2D eigenvalue weighted by atomic mass is 10.1. The van der Waals surface area contributed by atoms with Gasteiger partial charge in [0.25, 0.3) is 0 Å². The number of rotatable bonds is 5. The van der Waals surface area contributed by atoms with Crippen LogP contribution < -0.4 is 0 Å². The molecular weight excluding hydrogens is 200 g/mol. The van der Waals surface area contributed by atoms with Crippen molar-refractivity contribution in [2.75, 3.05) is 12.5 Å². The molecule has 1 fully saturated rings. The Bertz CT molecular complexity index is 207. The molecule has 0 radical (unpaired) electrons. The van der Waals surface area contributed by atoms with E-state index in [4.69, 9.17) is 0 Å². The molecule has 0 bridgehead atoms. The van der Waals surface area contributed by atoms with Gasteiger partial charge in [0.1, 0.15) is 0 Å². The van der Waals surface area contributed by atoms with E-state index >= 15 is 0 Å². The highest BCUT2D eigenvalue weighted by atomic mass is 32.3. The largest absolute Gasteiger partial charge is 0.241 e. The average Bonchev–Trinajstić information content (AvgIpc) is 2.94. The zero-order valence-electron chi connectivity index (χ0n) is 11.7. The van der Waals surface area contributed by atoms with Crippen molar-refractivity contribution < 1.29 is 0 Å². The second kappa shape index (κ2) is 4.69. The Labute approximate surface area is 98.5 Å². The third kappa shape index (κ3) is 2.72. The molecule has 1 heteroatoms. The van der Waals surface area contributed by atoms with E-state index in [9.17, 15) is 0 Å². The van der Waals surface area contributed by atoms with E-state index in [0.717, 1.165) is 28.3 Å². The zero-order chi connectivity index (χ0) is 11.8. The van der Waals surface area contributed by atoms with E-state index in [1.54, 1.807) is 0 Å². The second-order valence-electron chi connectivity index (χ2n) is 6.22.